The van der Waals surface area contributed by atoms with Gasteiger partial charge >= 0.3 is 0 Å². The maximum Gasteiger partial charge on any atom is 0.264 e. The Morgan fingerprint density at radius 2 is 1.95 bits per heavy atom. The van der Waals surface area contributed by atoms with Crippen LogP contribution in [0.5, 0.6) is 5.75 Å². The molecule has 8 nitrogen and oxygen atoms in total. The Hall–Kier alpha value is -2.80. The lowest BCUT2D eigenvalue weighted by Crippen LogP contribution is -2.53. The van der Waals surface area contributed by atoms with Crippen LogP contribution in [-0.4, -0.2) is 50.0 Å². The number of rotatable bonds is 1. The van der Waals surface area contributed by atoms with Crippen LogP contribution in [-0.2, 0) is 21.9 Å². The molecule has 4 aliphatic rings. The summed E-state index contributed by atoms with van der Waals surface area (Å²) in [4.78, 5) is 15.7. The molecule has 2 N–H and O–H groups in total. The fourth-order valence-electron chi connectivity index (χ4n) is 8.13. The molecule has 6 rings (SSSR count). The van der Waals surface area contributed by atoms with Crippen LogP contribution in [0.4, 0.5) is 5.69 Å². The van der Waals surface area contributed by atoms with E-state index >= 15 is 0 Å². The van der Waals surface area contributed by atoms with Gasteiger partial charge in [0.2, 0.25) is 10.0 Å². The number of fused-ring (bicyclic) bond motifs is 4. The van der Waals surface area contributed by atoms with E-state index in [4.69, 9.17) is 16.3 Å². The number of aliphatic hydroxyl groups is 1. The molecule has 0 aromatic heterocycles. The molecule has 0 radical (unpaired) electrons. The van der Waals surface area contributed by atoms with E-state index < -0.39 is 26.8 Å². The summed E-state index contributed by atoms with van der Waals surface area (Å²) in [6.07, 6.45) is 6.31. The molecule has 6 atom stereocenters. The summed E-state index contributed by atoms with van der Waals surface area (Å²) in [5.74, 6) is -0.128. The van der Waals surface area contributed by atoms with Crippen molar-refractivity contribution in [2.75, 3.05) is 24.6 Å². The number of halogens is 1. The second-order valence-corrected chi connectivity index (χ2v) is 16.2. The van der Waals surface area contributed by atoms with Gasteiger partial charge in [0.1, 0.15) is 5.75 Å². The summed E-state index contributed by atoms with van der Waals surface area (Å²) >= 11 is 6.40. The maximum atomic E-state index is 13.4. The van der Waals surface area contributed by atoms with Crippen molar-refractivity contribution in [2.24, 2.45) is 17.8 Å². The number of aryl methyl sites for hydroxylation is 1. The Labute approximate surface area is 265 Å². The molecule has 1 spiro atoms. The average molecular weight is 640 g/mol. The number of anilines is 1. The highest BCUT2D eigenvalue weighted by molar-refractivity contribution is 7.90. The highest BCUT2D eigenvalue weighted by Gasteiger charge is 2.49. The minimum atomic E-state index is -3.95. The number of benzene rings is 2. The minimum Gasteiger partial charge on any atom is -0.490 e. The first-order valence-electron chi connectivity index (χ1n) is 15.9. The van der Waals surface area contributed by atoms with Crippen LogP contribution < -0.4 is 14.4 Å². The number of carbonyl (C=O) groups excluding carboxylic acids is 1. The van der Waals surface area contributed by atoms with Gasteiger partial charge in [0.15, 0.2) is 0 Å². The number of nitriles is 1. The van der Waals surface area contributed by atoms with Gasteiger partial charge in [0, 0.05) is 29.1 Å². The number of ether oxygens (including phenoxy) is 1. The number of amides is 1. The van der Waals surface area contributed by atoms with E-state index in [0.717, 1.165) is 37.8 Å². The van der Waals surface area contributed by atoms with E-state index in [9.17, 15) is 23.6 Å². The summed E-state index contributed by atoms with van der Waals surface area (Å²) in [7, 11) is -3.95. The molecule has 0 saturated heterocycles. The van der Waals surface area contributed by atoms with Crippen LogP contribution in [0.3, 0.4) is 0 Å². The fraction of sp³-hybridized carbons (Fsp3) is 0.588. The molecule has 10 heteroatoms. The smallest absolute Gasteiger partial charge is 0.264 e. The van der Waals surface area contributed by atoms with Crippen LogP contribution in [0.1, 0.15) is 86.7 Å². The maximum absolute atomic E-state index is 13.4. The third-order valence-electron chi connectivity index (χ3n) is 11.0. The Bertz CT molecular complexity index is 1590. The van der Waals surface area contributed by atoms with Gasteiger partial charge < -0.3 is 14.7 Å². The molecule has 2 aliphatic heterocycles. The first-order chi connectivity index (χ1) is 20.9. The number of sulfonamides is 1. The van der Waals surface area contributed by atoms with Crippen molar-refractivity contribution in [3.05, 3.63) is 58.1 Å². The Morgan fingerprint density at radius 1 is 1.14 bits per heavy atom. The number of hydrogen-bond donors (Lipinski definition) is 2. The van der Waals surface area contributed by atoms with Crippen LogP contribution in [0, 0.1) is 29.1 Å². The Morgan fingerprint density at radius 3 is 2.70 bits per heavy atom. The number of carbonyl (C=O) groups is 1. The van der Waals surface area contributed by atoms with Gasteiger partial charge in [0.05, 0.1) is 35.6 Å². The molecule has 2 heterocycles. The fourth-order valence-corrected chi connectivity index (χ4v) is 9.63. The number of hydrogen-bond acceptors (Lipinski definition) is 7. The summed E-state index contributed by atoms with van der Waals surface area (Å²) in [5.41, 5.74) is 2.01. The SMILES string of the molecule is C[C@@H]1[C@@H](C)CCC[C@@](O)(CC#N)[C@@H]2CC[C@H]2CN2C[C@@]3(CCCc4cc(Cl)ccc43)COc3ccc(cc32)C(=O)NS1(=O)=O. The van der Waals surface area contributed by atoms with Crippen LogP contribution in [0.25, 0.3) is 0 Å². The quantitative estimate of drug-likeness (QED) is 0.408. The summed E-state index contributed by atoms with van der Waals surface area (Å²) < 4.78 is 35.4. The summed E-state index contributed by atoms with van der Waals surface area (Å²) in [5, 5.41) is 21.6. The third-order valence-corrected chi connectivity index (χ3v) is 13.2. The monoisotopic (exact) mass is 639 g/mol. The molecule has 1 saturated carbocycles. The lowest BCUT2D eigenvalue weighted by atomic mass is 9.62. The van der Waals surface area contributed by atoms with Crippen molar-refractivity contribution in [1.82, 2.24) is 4.72 Å². The second kappa shape index (κ2) is 11.9. The molecular weight excluding hydrogens is 598 g/mol. The van der Waals surface area contributed by atoms with Gasteiger partial charge in [-0.1, -0.05) is 31.0 Å². The predicted octanol–water partition coefficient (Wildman–Crippen LogP) is 5.75. The van der Waals surface area contributed by atoms with E-state index in [1.807, 2.05) is 13.0 Å². The zero-order valence-corrected chi connectivity index (χ0v) is 27.1. The van der Waals surface area contributed by atoms with E-state index in [0.29, 0.717) is 49.7 Å². The average Bonchev–Trinajstić information content (AvgIpc) is 3.11. The molecule has 2 bridgehead atoms. The lowest BCUT2D eigenvalue weighted by Gasteiger charge is -2.49. The highest BCUT2D eigenvalue weighted by Crippen LogP contribution is 2.49. The minimum absolute atomic E-state index is 0.0426. The molecule has 2 aromatic carbocycles. The second-order valence-electron chi connectivity index (χ2n) is 13.7. The molecule has 2 aromatic rings. The van der Waals surface area contributed by atoms with E-state index in [-0.39, 0.29) is 35.2 Å². The van der Waals surface area contributed by atoms with Gasteiger partial charge in [0.25, 0.3) is 5.91 Å². The number of nitrogens with one attached hydrogen (secondary N) is 1. The normalized spacial score (nSPS) is 33.4. The summed E-state index contributed by atoms with van der Waals surface area (Å²) in [6.45, 7) is 5.22. The predicted molar refractivity (Wildman–Crippen MR) is 170 cm³/mol. The van der Waals surface area contributed by atoms with E-state index in [1.165, 1.54) is 11.1 Å². The van der Waals surface area contributed by atoms with E-state index in [2.05, 4.69) is 27.8 Å². The third kappa shape index (κ3) is 5.70. The molecule has 1 fully saturated rings. The van der Waals surface area contributed by atoms with Crippen LogP contribution in [0.2, 0.25) is 5.02 Å². The van der Waals surface area contributed by atoms with Gasteiger partial charge in [-0.05, 0) is 111 Å². The lowest BCUT2D eigenvalue weighted by molar-refractivity contribution is -0.0851. The van der Waals surface area contributed by atoms with Gasteiger partial charge in [-0.15, -0.1) is 0 Å². The Balaban J connectivity index is 1.44. The largest absolute Gasteiger partial charge is 0.490 e. The van der Waals surface area contributed by atoms with Gasteiger partial charge in [-0.2, -0.15) is 5.26 Å². The topological polar surface area (TPSA) is 120 Å². The van der Waals surface area contributed by atoms with Crippen LogP contribution in [0.15, 0.2) is 36.4 Å². The van der Waals surface area contributed by atoms with Crippen LogP contribution >= 0.6 is 11.6 Å². The van der Waals surface area contributed by atoms with Crippen molar-refractivity contribution in [2.45, 2.75) is 87.9 Å². The Kier molecular flexibility index (Phi) is 8.40. The zero-order valence-electron chi connectivity index (χ0n) is 25.5. The van der Waals surface area contributed by atoms with Gasteiger partial charge in [-0.25, -0.2) is 13.1 Å². The zero-order chi connectivity index (χ0) is 31.3. The summed E-state index contributed by atoms with van der Waals surface area (Å²) in [6, 6.07) is 13.5. The first-order valence-corrected chi connectivity index (χ1v) is 17.8. The molecule has 1 amide bonds. The first kappa shape index (κ1) is 31.2. The molecule has 44 heavy (non-hydrogen) atoms. The van der Waals surface area contributed by atoms with Crippen molar-refractivity contribution >= 4 is 33.2 Å². The number of nitrogens with zero attached hydrogens (tertiary/aromatic N) is 2. The molecular formula is C34H42ClN3O5S. The van der Waals surface area contributed by atoms with E-state index in [1.54, 1.807) is 25.1 Å². The van der Waals surface area contributed by atoms with Gasteiger partial charge in [-0.3, -0.25) is 4.79 Å². The van der Waals surface area contributed by atoms with Crippen molar-refractivity contribution in [3.63, 3.8) is 0 Å². The standard InChI is InChI=1S/C34H42ClN3O5S/c1-22-5-3-14-34(40,15-16-36)29-10-7-26(29)19-38-20-33(13-4-6-24-17-27(35)9-11-28(24)33)21-43-31-12-8-25(18-30(31)38)32(39)37-44(41,42)23(22)2/h8-9,11-12,17-18,22-23,26,29,40H,3-7,10,13-15,19-21H2,1-2H3,(H,37,39)/t22-,23+,26-,29+,33-,34+/m0/s1. The highest BCUT2D eigenvalue weighted by atomic mass is 35.5. The van der Waals surface area contributed by atoms with Crippen molar-refractivity contribution < 1.29 is 23.1 Å². The molecule has 2 aliphatic carbocycles. The van der Waals surface area contributed by atoms with Crippen molar-refractivity contribution in [1.29, 1.82) is 5.26 Å². The van der Waals surface area contributed by atoms with Crippen molar-refractivity contribution in [3.8, 4) is 11.8 Å². The molecule has 236 valence electrons. The molecule has 0 unspecified atom stereocenters.